The molecule has 1 aliphatic heterocycles. The Morgan fingerprint density at radius 1 is 1.27 bits per heavy atom. The molecule has 0 bridgehead atoms. The van der Waals surface area contributed by atoms with Gasteiger partial charge in [0.05, 0.1) is 6.61 Å². The second kappa shape index (κ2) is 3.43. The van der Waals surface area contributed by atoms with Gasteiger partial charge in [-0.05, 0) is 6.92 Å². The highest BCUT2D eigenvalue weighted by Gasteiger charge is 2.56. The lowest BCUT2D eigenvalue weighted by molar-refractivity contribution is -0.317. The average molecular weight is 170 g/mol. The SMILES string of the molecule is CC.CC1(C(F)(F)F)CCO1. The summed E-state index contributed by atoms with van der Waals surface area (Å²) < 4.78 is 39.6. The molecule has 0 saturated carbocycles. The van der Waals surface area contributed by atoms with Gasteiger partial charge >= 0.3 is 6.18 Å². The van der Waals surface area contributed by atoms with Gasteiger partial charge < -0.3 is 4.74 Å². The van der Waals surface area contributed by atoms with Crippen LogP contribution in [0.15, 0.2) is 0 Å². The van der Waals surface area contributed by atoms with Gasteiger partial charge in [-0.25, -0.2) is 0 Å². The summed E-state index contributed by atoms with van der Waals surface area (Å²) in [4.78, 5) is 0. The van der Waals surface area contributed by atoms with Crippen molar-refractivity contribution in [2.45, 2.75) is 39.0 Å². The van der Waals surface area contributed by atoms with Crippen LogP contribution in [0.3, 0.4) is 0 Å². The van der Waals surface area contributed by atoms with Crippen molar-refractivity contribution in [1.82, 2.24) is 0 Å². The summed E-state index contributed by atoms with van der Waals surface area (Å²) >= 11 is 0. The quantitative estimate of drug-likeness (QED) is 0.543. The van der Waals surface area contributed by atoms with E-state index in [1.54, 1.807) is 0 Å². The van der Waals surface area contributed by atoms with Crippen LogP contribution in [0, 0.1) is 0 Å². The van der Waals surface area contributed by atoms with E-state index in [0.717, 1.165) is 6.92 Å². The minimum atomic E-state index is -4.19. The lowest BCUT2D eigenvalue weighted by Crippen LogP contribution is -2.52. The number of hydrogen-bond donors (Lipinski definition) is 0. The van der Waals surface area contributed by atoms with Gasteiger partial charge in [0, 0.05) is 6.42 Å². The topological polar surface area (TPSA) is 9.23 Å². The zero-order valence-electron chi connectivity index (χ0n) is 6.96. The van der Waals surface area contributed by atoms with Crippen LogP contribution in [0.25, 0.3) is 0 Å². The van der Waals surface area contributed by atoms with E-state index in [9.17, 15) is 13.2 Å². The van der Waals surface area contributed by atoms with Crippen molar-refractivity contribution in [3.8, 4) is 0 Å². The molecule has 1 heterocycles. The van der Waals surface area contributed by atoms with Crippen LogP contribution in [0.4, 0.5) is 13.2 Å². The summed E-state index contributed by atoms with van der Waals surface area (Å²) in [5.74, 6) is 0. The van der Waals surface area contributed by atoms with Crippen molar-refractivity contribution in [2.24, 2.45) is 0 Å². The fourth-order valence-corrected chi connectivity index (χ4v) is 0.632. The summed E-state index contributed by atoms with van der Waals surface area (Å²) in [5, 5.41) is 0. The minimum Gasteiger partial charge on any atom is -0.366 e. The molecule has 0 aromatic heterocycles. The van der Waals surface area contributed by atoms with Crippen LogP contribution < -0.4 is 0 Å². The minimum absolute atomic E-state index is 0.0938. The maximum Gasteiger partial charge on any atom is 0.417 e. The summed E-state index contributed by atoms with van der Waals surface area (Å²) in [6.45, 7) is 5.30. The highest BCUT2D eigenvalue weighted by Crippen LogP contribution is 2.41. The molecule has 0 aliphatic carbocycles. The first-order valence-electron chi connectivity index (χ1n) is 3.66. The van der Waals surface area contributed by atoms with Crippen LogP contribution in [-0.4, -0.2) is 18.4 Å². The van der Waals surface area contributed by atoms with Gasteiger partial charge in [-0.2, -0.15) is 13.2 Å². The number of alkyl halides is 3. The van der Waals surface area contributed by atoms with E-state index in [0.29, 0.717) is 0 Å². The van der Waals surface area contributed by atoms with Gasteiger partial charge in [0.1, 0.15) is 0 Å². The molecule has 0 radical (unpaired) electrons. The molecule has 1 unspecified atom stereocenters. The van der Waals surface area contributed by atoms with Crippen LogP contribution in [0.2, 0.25) is 0 Å². The molecule has 0 N–H and O–H groups in total. The van der Waals surface area contributed by atoms with Crippen molar-refractivity contribution in [3.63, 3.8) is 0 Å². The lowest BCUT2D eigenvalue weighted by atomic mass is 9.97. The standard InChI is InChI=1S/C5H7F3O.C2H6/c1-4(2-3-9-4)5(6,7)8;1-2/h2-3H2,1H3;1-2H3. The number of halogens is 3. The Hall–Kier alpha value is -0.250. The first kappa shape index (κ1) is 10.8. The Bertz CT molecular complexity index is 115. The number of hydrogen-bond acceptors (Lipinski definition) is 1. The van der Waals surface area contributed by atoms with Crippen molar-refractivity contribution < 1.29 is 17.9 Å². The Morgan fingerprint density at radius 2 is 1.64 bits per heavy atom. The molecule has 0 aromatic carbocycles. The first-order valence-corrected chi connectivity index (χ1v) is 3.66. The molecule has 1 atom stereocenters. The molecule has 11 heavy (non-hydrogen) atoms. The van der Waals surface area contributed by atoms with E-state index in [2.05, 4.69) is 4.74 Å². The molecule has 1 fully saturated rings. The van der Waals surface area contributed by atoms with E-state index in [4.69, 9.17) is 0 Å². The monoisotopic (exact) mass is 170 g/mol. The Balaban J connectivity index is 0.000000461. The van der Waals surface area contributed by atoms with Gasteiger partial charge in [0.25, 0.3) is 0 Å². The second-order valence-electron chi connectivity index (χ2n) is 2.33. The lowest BCUT2D eigenvalue weighted by Gasteiger charge is -2.39. The molecular formula is C7H13F3O. The highest BCUT2D eigenvalue weighted by molar-refractivity contribution is 4.89. The van der Waals surface area contributed by atoms with Gasteiger partial charge in [-0.3, -0.25) is 0 Å². The van der Waals surface area contributed by atoms with E-state index in [1.807, 2.05) is 13.8 Å². The molecule has 1 rings (SSSR count). The third-order valence-electron chi connectivity index (χ3n) is 1.60. The molecule has 0 aromatic rings. The predicted molar refractivity (Wildman–Crippen MR) is 36.4 cm³/mol. The van der Waals surface area contributed by atoms with Crippen molar-refractivity contribution in [2.75, 3.05) is 6.61 Å². The molecule has 1 aliphatic rings. The van der Waals surface area contributed by atoms with Crippen LogP contribution in [0.5, 0.6) is 0 Å². The van der Waals surface area contributed by atoms with Gasteiger partial charge in [0.15, 0.2) is 5.60 Å². The summed E-state index contributed by atoms with van der Waals surface area (Å²) in [7, 11) is 0. The first-order chi connectivity index (χ1) is 4.96. The van der Waals surface area contributed by atoms with E-state index in [-0.39, 0.29) is 13.0 Å². The third kappa shape index (κ3) is 2.09. The average Bonchev–Trinajstić information content (AvgIpc) is 1.85. The zero-order chi connectivity index (χ0) is 9.12. The maximum absolute atomic E-state index is 11.8. The molecule has 4 heteroatoms. The van der Waals surface area contributed by atoms with Gasteiger partial charge in [-0.1, -0.05) is 13.8 Å². The molecular weight excluding hydrogens is 157 g/mol. The Labute approximate surface area is 64.5 Å². The second-order valence-corrected chi connectivity index (χ2v) is 2.33. The molecule has 68 valence electrons. The fraction of sp³-hybridized carbons (Fsp3) is 1.00. The summed E-state index contributed by atoms with van der Waals surface area (Å²) in [6.07, 6.45) is -4.10. The zero-order valence-corrected chi connectivity index (χ0v) is 6.96. The van der Waals surface area contributed by atoms with Crippen molar-refractivity contribution in [1.29, 1.82) is 0 Å². The number of ether oxygens (including phenoxy) is 1. The molecule has 1 saturated heterocycles. The smallest absolute Gasteiger partial charge is 0.366 e. The van der Waals surface area contributed by atoms with E-state index in [1.165, 1.54) is 0 Å². The third-order valence-corrected chi connectivity index (χ3v) is 1.60. The normalized spacial score (nSPS) is 30.0. The summed E-state index contributed by atoms with van der Waals surface area (Å²) in [5.41, 5.74) is -1.84. The van der Waals surface area contributed by atoms with Gasteiger partial charge in [-0.15, -0.1) is 0 Å². The molecule has 1 nitrogen and oxygen atoms in total. The largest absolute Gasteiger partial charge is 0.417 e. The Kier molecular flexibility index (Phi) is 3.35. The van der Waals surface area contributed by atoms with Crippen LogP contribution in [-0.2, 0) is 4.74 Å². The summed E-state index contributed by atoms with van der Waals surface area (Å²) in [6, 6.07) is 0. The highest BCUT2D eigenvalue weighted by atomic mass is 19.4. The van der Waals surface area contributed by atoms with Crippen molar-refractivity contribution in [3.05, 3.63) is 0 Å². The van der Waals surface area contributed by atoms with Crippen LogP contribution >= 0.6 is 0 Å². The fourth-order valence-electron chi connectivity index (χ4n) is 0.632. The van der Waals surface area contributed by atoms with Crippen LogP contribution in [0.1, 0.15) is 27.2 Å². The predicted octanol–water partition coefficient (Wildman–Crippen LogP) is 2.75. The molecule has 0 spiro atoms. The Morgan fingerprint density at radius 3 is 1.64 bits per heavy atom. The number of rotatable bonds is 0. The molecule has 0 amide bonds. The van der Waals surface area contributed by atoms with E-state index >= 15 is 0 Å². The van der Waals surface area contributed by atoms with Crippen molar-refractivity contribution >= 4 is 0 Å². The maximum atomic E-state index is 11.8. The van der Waals surface area contributed by atoms with Gasteiger partial charge in [0.2, 0.25) is 0 Å². The van der Waals surface area contributed by atoms with E-state index < -0.39 is 11.8 Å².